The van der Waals surface area contributed by atoms with Gasteiger partial charge in [0.2, 0.25) is 0 Å². The highest BCUT2D eigenvalue weighted by Gasteiger charge is 2.54. The van der Waals surface area contributed by atoms with Crippen LogP contribution in [0.4, 0.5) is 8.78 Å². The van der Waals surface area contributed by atoms with Crippen LogP contribution in [-0.2, 0) is 5.41 Å². The van der Waals surface area contributed by atoms with Crippen molar-refractivity contribution in [3.8, 4) is 0 Å². The molecule has 1 saturated carbocycles. The molecular weight excluding hydrogens is 194 g/mol. The molecule has 0 aromatic heterocycles. The molecule has 82 valence electrons. The van der Waals surface area contributed by atoms with Gasteiger partial charge in [0.15, 0.2) is 0 Å². The summed E-state index contributed by atoms with van der Waals surface area (Å²) in [6, 6.07) is 7.54. The first-order valence-electron chi connectivity index (χ1n) is 5.41. The molecule has 0 spiro atoms. The molecule has 0 radical (unpaired) electrons. The molecule has 0 amide bonds. The van der Waals surface area contributed by atoms with E-state index < -0.39 is 11.3 Å². The normalized spacial score (nSPS) is 19.7. The Kier molecular flexibility index (Phi) is 2.32. The Bertz CT molecular complexity index is 342. The van der Waals surface area contributed by atoms with Crippen molar-refractivity contribution in [2.75, 3.05) is 0 Å². The Hall–Kier alpha value is -0.920. The van der Waals surface area contributed by atoms with E-state index in [-0.39, 0.29) is 0 Å². The SMILES string of the molecule is Cc1ccc(C2(C(C)(F)F)CCC2)cc1. The molecule has 0 N–H and O–H groups in total. The lowest BCUT2D eigenvalue weighted by Crippen LogP contribution is -2.48. The summed E-state index contributed by atoms with van der Waals surface area (Å²) in [4.78, 5) is 0. The Labute approximate surface area is 89.3 Å². The average molecular weight is 210 g/mol. The second-order valence-corrected chi connectivity index (χ2v) is 4.69. The summed E-state index contributed by atoms with van der Waals surface area (Å²) >= 11 is 0. The number of alkyl halides is 2. The zero-order valence-corrected chi connectivity index (χ0v) is 9.19. The van der Waals surface area contributed by atoms with Gasteiger partial charge in [-0.05, 0) is 25.3 Å². The number of benzene rings is 1. The van der Waals surface area contributed by atoms with Gasteiger partial charge in [0, 0.05) is 6.92 Å². The van der Waals surface area contributed by atoms with Gasteiger partial charge in [-0.25, -0.2) is 8.78 Å². The maximum atomic E-state index is 13.6. The van der Waals surface area contributed by atoms with Crippen LogP contribution in [0.5, 0.6) is 0 Å². The van der Waals surface area contributed by atoms with Gasteiger partial charge in [0.1, 0.15) is 0 Å². The van der Waals surface area contributed by atoms with Crippen molar-refractivity contribution in [2.45, 2.75) is 44.4 Å². The van der Waals surface area contributed by atoms with E-state index in [0.29, 0.717) is 12.8 Å². The maximum Gasteiger partial charge on any atom is 0.254 e. The molecule has 0 heterocycles. The molecule has 0 atom stereocenters. The highest BCUT2D eigenvalue weighted by atomic mass is 19.3. The van der Waals surface area contributed by atoms with Gasteiger partial charge in [-0.15, -0.1) is 0 Å². The van der Waals surface area contributed by atoms with E-state index in [9.17, 15) is 8.78 Å². The van der Waals surface area contributed by atoms with Crippen molar-refractivity contribution in [1.29, 1.82) is 0 Å². The number of hydrogen-bond donors (Lipinski definition) is 0. The topological polar surface area (TPSA) is 0 Å². The number of rotatable bonds is 2. The highest BCUT2D eigenvalue weighted by Crippen LogP contribution is 2.53. The van der Waals surface area contributed by atoms with E-state index in [4.69, 9.17) is 0 Å². The molecule has 1 aliphatic rings. The van der Waals surface area contributed by atoms with Crippen LogP contribution in [0.15, 0.2) is 24.3 Å². The van der Waals surface area contributed by atoms with E-state index in [1.807, 2.05) is 31.2 Å². The third-order valence-electron chi connectivity index (χ3n) is 3.65. The Morgan fingerprint density at radius 2 is 1.67 bits per heavy atom. The van der Waals surface area contributed by atoms with Crippen LogP contribution in [0.2, 0.25) is 0 Å². The highest BCUT2D eigenvalue weighted by molar-refractivity contribution is 5.33. The van der Waals surface area contributed by atoms with E-state index >= 15 is 0 Å². The van der Waals surface area contributed by atoms with E-state index in [1.165, 1.54) is 0 Å². The van der Waals surface area contributed by atoms with E-state index in [0.717, 1.165) is 24.5 Å². The van der Waals surface area contributed by atoms with E-state index in [1.54, 1.807) is 0 Å². The molecule has 1 aliphatic carbocycles. The molecular formula is C13H16F2. The minimum absolute atomic E-state index is 0.611. The van der Waals surface area contributed by atoms with Gasteiger partial charge < -0.3 is 0 Å². The Morgan fingerprint density at radius 3 is 2.00 bits per heavy atom. The third-order valence-corrected chi connectivity index (χ3v) is 3.65. The third kappa shape index (κ3) is 1.56. The van der Waals surface area contributed by atoms with Crippen LogP contribution in [0.1, 0.15) is 37.3 Å². The molecule has 1 aromatic carbocycles. The first-order valence-corrected chi connectivity index (χ1v) is 5.41. The van der Waals surface area contributed by atoms with Gasteiger partial charge >= 0.3 is 0 Å². The number of aryl methyl sites for hydroxylation is 1. The summed E-state index contributed by atoms with van der Waals surface area (Å²) in [5.41, 5.74) is 1.03. The molecule has 0 unspecified atom stereocenters. The molecule has 0 bridgehead atoms. The predicted molar refractivity (Wildman–Crippen MR) is 57.3 cm³/mol. The summed E-state index contributed by atoms with van der Waals surface area (Å²) < 4.78 is 27.2. The van der Waals surface area contributed by atoms with Crippen LogP contribution >= 0.6 is 0 Å². The van der Waals surface area contributed by atoms with Gasteiger partial charge in [0.05, 0.1) is 5.41 Å². The van der Waals surface area contributed by atoms with Crippen LogP contribution in [0, 0.1) is 6.92 Å². The molecule has 2 heteroatoms. The van der Waals surface area contributed by atoms with Gasteiger partial charge in [-0.3, -0.25) is 0 Å². The lowest BCUT2D eigenvalue weighted by atomic mass is 9.61. The molecule has 0 aliphatic heterocycles. The second-order valence-electron chi connectivity index (χ2n) is 4.69. The predicted octanol–water partition coefficient (Wildman–Crippen LogP) is 4.07. The quantitative estimate of drug-likeness (QED) is 0.690. The van der Waals surface area contributed by atoms with E-state index in [2.05, 4.69) is 0 Å². The maximum absolute atomic E-state index is 13.6. The van der Waals surface area contributed by atoms with Crippen molar-refractivity contribution in [2.24, 2.45) is 0 Å². The molecule has 2 rings (SSSR count). The fourth-order valence-corrected chi connectivity index (χ4v) is 2.38. The van der Waals surface area contributed by atoms with Gasteiger partial charge in [-0.2, -0.15) is 0 Å². The second kappa shape index (κ2) is 3.29. The monoisotopic (exact) mass is 210 g/mol. The summed E-state index contributed by atoms with van der Waals surface area (Å²) in [5, 5.41) is 0. The van der Waals surface area contributed by atoms with Crippen LogP contribution < -0.4 is 0 Å². The Balaban J connectivity index is 2.39. The van der Waals surface area contributed by atoms with Crippen molar-refractivity contribution in [1.82, 2.24) is 0 Å². The lowest BCUT2D eigenvalue weighted by molar-refractivity contribution is -0.0969. The fourth-order valence-electron chi connectivity index (χ4n) is 2.38. The van der Waals surface area contributed by atoms with Crippen LogP contribution in [0.25, 0.3) is 0 Å². The smallest absolute Gasteiger partial charge is 0.206 e. The van der Waals surface area contributed by atoms with Crippen molar-refractivity contribution >= 4 is 0 Å². The van der Waals surface area contributed by atoms with Crippen molar-refractivity contribution in [3.05, 3.63) is 35.4 Å². The van der Waals surface area contributed by atoms with Crippen LogP contribution in [0.3, 0.4) is 0 Å². The average Bonchev–Trinajstić information content (AvgIpc) is 2.03. The summed E-state index contributed by atoms with van der Waals surface area (Å²) in [5.74, 6) is -2.61. The summed E-state index contributed by atoms with van der Waals surface area (Å²) in [6.07, 6.45) is 2.14. The molecule has 0 saturated heterocycles. The number of halogens is 2. The van der Waals surface area contributed by atoms with Gasteiger partial charge in [0.25, 0.3) is 5.92 Å². The minimum Gasteiger partial charge on any atom is -0.206 e. The first kappa shape index (κ1) is 10.6. The summed E-state index contributed by atoms with van der Waals surface area (Å²) in [6.45, 7) is 3.02. The molecule has 1 fully saturated rings. The first-order chi connectivity index (χ1) is 6.96. The molecule has 15 heavy (non-hydrogen) atoms. The lowest BCUT2D eigenvalue weighted by Gasteiger charge is -2.46. The zero-order valence-electron chi connectivity index (χ0n) is 9.19. The zero-order chi connectivity index (χ0) is 11.1. The van der Waals surface area contributed by atoms with Crippen LogP contribution in [-0.4, -0.2) is 5.92 Å². The summed E-state index contributed by atoms with van der Waals surface area (Å²) in [7, 11) is 0. The van der Waals surface area contributed by atoms with Crippen molar-refractivity contribution in [3.63, 3.8) is 0 Å². The molecule has 1 aromatic rings. The van der Waals surface area contributed by atoms with Crippen molar-refractivity contribution < 1.29 is 8.78 Å². The minimum atomic E-state index is -2.61. The molecule has 0 nitrogen and oxygen atoms in total. The largest absolute Gasteiger partial charge is 0.254 e. The number of hydrogen-bond acceptors (Lipinski definition) is 0. The fraction of sp³-hybridized carbons (Fsp3) is 0.538. The van der Waals surface area contributed by atoms with Gasteiger partial charge in [-0.1, -0.05) is 36.2 Å². The standard InChI is InChI=1S/C13H16F2/c1-10-4-6-11(7-5-10)13(8-3-9-13)12(2,14)15/h4-7H,3,8-9H2,1-2H3. The Morgan fingerprint density at radius 1 is 1.13 bits per heavy atom.